The SMILES string of the molecule is COc1ncccc1NCc1ccc(OCC(N)=O)cc1. The van der Waals surface area contributed by atoms with Crippen molar-refractivity contribution in [3.05, 3.63) is 48.2 Å². The first-order valence-corrected chi connectivity index (χ1v) is 6.42. The van der Waals surface area contributed by atoms with Gasteiger partial charge in [0.05, 0.1) is 12.8 Å². The lowest BCUT2D eigenvalue weighted by Gasteiger charge is -2.10. The average molecular weight is 287 g/mol. The second-order valence-electron chi connectivity index (χ2n) is 4.31. The van der Waals surface area contributed by atoms with E-state index in [4.69, 9.17) is 15.2 Å². The fraction of sp³-hybridized carbons (Fsp3) is 0.200. The normalized spacial score (nSPS) is 9.95. The van der Waals surface area contributed by atoms with Gasteiger partial charge in [0.1, 0.15) is 5.75 Å². The van der Waals surface area contributed by atoms with Crippen molar-refractivity contribution in [3.8, 4) is 11.6 Å². The Hall–Kier alpha value is -2.76. The number of primary amides is 1. The molecular weight excluding hydrogens is 270 g/mol. The number of nitrogens with two attached hydrogens (primary N) is 1. The summed E-state index contributed by atoms with van der Waals surface area (Å²) in [6.45, 7) is 0.503. The van der Waals surface area contributed by atoms with E-state index in [1.54, 1.807) is 25.4 Å². The highest BCUT2D eigenvalue weighted by atomic mass is 16.5. The maximum absolute atomic E-state index is 10.6. The molecule has 0 fully saturated rings. The lowest BCUT2D eigenvalue weighted by atomic mass is 10.2. The van der Waals surface area contributed by atoms with Crippen molar-refractivity contribution in [2.45, 2.75) is 6.54 Å². The van der Waals surface area contributed by atoms with Crippen LogP contribution in [0, 0.1) is 0 Å². The Morgan fingerprint density at radius 2 is 2.05 bits per heavy atom. The quantitative estimate of drug-likeness (QED) is 0.807. The summed E-state index contributed by atoms with van der Waals surface area (Å²) in [5.41, 5.74) is 6.91. The van der Waals surface area contributed by atoms with Crippen LogP contribution in [-0.4, -0.2) is 24.6 Å². The lowest BCUT2D eigenvalue weighted by molar-refractivity contribution is -0.119. The number of aromatic nitrogens is 1. The highest BCUT2D eigenvalue weighted by Gasteiger charge is 2.03. The maximum Gasteiger partial charge on any atom is 0.255 e. The van der Waals surface area contributed by atoms with E-state index in [0.29, 0.717) is 18.2 Å². The molecule has 1 aromatic heterocycles. The van der Waals surface area contributed by atoms with Gasteiger partial charge in [-0.3, -0.25) is 4.79 Å². The third-order valence-corrected chi connectivity index (χ3v) is 2.75. The van der Waals surface area contributed by atoms with Crippen molar-refractivity contribution in [2.75, 3.05) is 19.0 Å². The van der Waals surface area contributed by atoms with Gasteiger partial charge in [-0.25, -0.2) is 4.98 Å². The topological polar surface area (TPSA) is 86.5 Å². The molecular formula is C15H17N3O3. The van der Waals surface area contributed by atoms with Gasteiger partial charge in [-0.2, -0.15) is 0 Å². The number of ether oxygens (including phenoxy) is 2. The number of hydrogen-bond acceptors (Lipinski definition) is 5. The number of benzene rings is 1. The van der Waals surface area contributed by atoms with Gasteiger partial charge >= 0.3 is 0 Å². The predicted molar refractivity (Wildman–Crippen MR) is 79.2 cm³/mol. The molecule has 2 rings (SSSR count). The molecule has 3 N–H and O–H groups in total. The van der Waals surface area contributed by atoms with Crippen LogP contribution < -0.4 is 20.5 Å². The van der Waals surface area contributed by atoms with Gasteiger partial charge in [0, 0.05) is 12.7 Å². The van der Waals surface area contributed by atoms with Crippen LogP contribution in [0.5, 0.6) is 11.6 Å². The van der Waals surface area contributed by atoms with Gasteiger partial charge in [0.25, 0.3) is 5.91 Å². The van der Waals surface area contributed by atoms with Crippen LogP contribution in [0.25, 0.3) is 0 Å². The first-order valence-electron chi connectivity index (χ1n) is 6.42. The Labute approximate surface area is 122 Å². The first kappa shape index (κ1) is 14.6. The Kier molecular flexibility index (Phi) is 4.98. The molecule has 0 unspecified atom stereocenters. The second-order valence-corrected chi connectivity index (χ2v) is 4.31. The molecule has 0 aliphatic rings. The summed E-state index contributed by atoms with van der Waals surface area (Å²) >= 11 is 0. The minimum Gasteiger partial charge on any atom is -0.484 e. The van der Waals surface area contributed by atoms with E-state index in [1.165, 1.54) is 0 Å². The van der Waals surface area contributed by atoms with Crippen molar-refractivity contribution in [1.29, 1.82) is 0 Å². The van der Waals surface area contributed by atoms with Crippen LogP contribution >= 0.6 is 0 Å². The molecule has 0 saturated carbocycles. The smallest absolute Gasteiger partial charge is 0.255 e. The number of pyridine rings is 1. The molecule has 1 aromatic carbocycles. The number of hydrogen-bond donors (Lipinski definition) is 2. The molecule has 1 amide bonds. The second kappa shape index (κ2) is 7.14. The van der Waals surface area contributed by atoms with Gasteiger partial charge in [-0.05, 0) is 29.8 Å². The van der Waals surface area contributed by atoms with E-state index >= 15 is 0 Å². The van der Waals surface area contributed by atoms with Crippen LogP contribution in [0.2, 0.25) is 0 Å². The number of nitrogens with one attached hydrogen (secondary N) is 1. The zero-order valence-electron chi connectivity index (χ0n) is 11.7. The number of carbonyl (C=O) groups is 1. The van der Waals surface area contributed by atoms with Crippen molar-refractivity contribution >= 4 is 11.6 Å². The number of amides is 1. The fourth-order valence-corrected chi connectivity index (χ4v) is 1.74. The van der Waals surface area contributed by atoms with Gasteiger partial charge < -0.3 is 20.5 Å². The Balaban J connectivity index is 1.93. The summed E-state index contributed by atoms with van der Waals surface area (Å²) in [6, 6.07) is 11.1. The van der Waals surface area contributed by atoms with Crippen LogP contribution in [0.3, 0.4) is 0 Å². The fourth-order valence-electron chi connectivity index (χ4n) is 1.74. The predicted octanol–water partition coefficient (Wildman–Crippen LogP) is 1.57. The zero-order chi connectivity index (χ0) is 15.1. The Morgan fingerprint density at radius 1 is 1.29 bits per heavy atom. The molecule has 0 atom stereocenters. The van der Waals surface area contributed by atoms with E-state index in [2.05, 4.69) is 10.3 Å². The van der Waals surface area contributed by atoms with E-state index < -0.39 is 5.91 Å². The molecule has 0 bridgehead atoms. The number of nitrogens with zero attached hydrogens (tertiary/aromatic N) is 1. The van der Waals surface area contributed by atoms with E-state index in [1.807, 2.05) is 24.3 Å². The number of carbonyl (C=O) groups excluding carboxylic acids is 1. The van der Waals surface area contributed by atoms with Gasteiger partial charge in [0.2, 0.25) is 5.88 Å². The molecule has 6 heteroatoms. The van der Waals surface area contributed by atoms with Crippen LogP contribution in [-0.2, 0) is 11.3 Å². The highest BCUT2D eigenvalue weighted by molar-refractivity contribution is 5.75. The largest absolute Gasteiger partial charge is 0.484 e. The molecule has 0 spiro atoms. The third-order valence-electron chi connectivity index (χ3n) is 2.75. The summed E-state index contributed by atoms with van der Waals surface area (Å²) in [4.78, 5) is 14.7. The molecule has 21 heavy (non-hydrogen) atoms. The summed E-state index contributed by atoms with van der Waals surface area (Å²) in [5, 5.41) is 3.25. The minimum absolute atomic E-state index is 0.121. The number of anilines is 1. The first-order chi connectivity index (χ1) is 10.2. The van der Waals surface area contributed by atoms with Gasteiger partial charge in [-0.1, -0.05) is 12.1 Å². The molecule has 110 valence electrons. The van der Waals surface area contributed by atoms with Crippen molar-refractivity contribution in [1.82, 2.24) is 4.98 Å². The van der Waals surface area contributed by atoms with Crippen molar-refractivity contribution in [2.24, 2.45) is 5.73 Å². The minimum atomic E-state index is -0.496. The van der Waals surface area contributed by atoms with E-state index in [9.17, 15) is 4.79 Å². The maximum atomic E-state index is 10.6. The summed E-state index contributed by atoms with van der Waals surface area (Å²) < 4.78 is 10.4. The lowest BCUT2D eigenvalue weighted by Crippen LogP contribution is -2.19. The highest BCUT2D eigenvalue weighted by Crippen LogP contribution is 2.21. The van der Waals surface area contributed by atoms with Crippen LogP contribution in [0.15, 0.2) is 42.6 Å². The molecule has 6 nitrogen and oxygen atoms in total. The Morgan fingerprint density at radius 3 is 2.71 bits per heavy atom. The summed E-state index contributed by atoms with van der Waals surface area (Å²) in [6.07, 6.45) is 1.68. The molecule has 0 radical (unpaired) electrons. The molecule has 0 aliphatic carbocycles. The monoisotopic (exact) mass is 287 g/mol. The molecule has 0 aliphatic heterocycles. The Bertz CT molecular complexity index is 599. The van der Waals surface area contributed by atoms with Crippen LogP contribution in [0.1, 0.15) is 5.56 Å². The number of rotatable bonds is 7. The van der Waals surface area contributed by atoms with Crippen molar-refractivity contribution < 1.29 is 14.3 Å². The van der Waals surface area contributed by atoms with E-state index in [0.717, 1.165) is 11.3 Å². The van der Waals surface area contributed by atoms with Gasteiger partial charge in [0.15, 0.2) is 6.61 Å². The molecule has 2 aromatic rings. The third kappa shape index (κ3) is 4.38. The van der Waals surface area contributed by atoms with Crippen LogP contribution in [0.4, 0.5) is 5.69 Å². The number of methoxy groups -OCH3 is 1. The average Bonchev–Trinajstić information content (AvgIpc) is 2.52. The summed E-state index contributed by atoms with van der Waals surface area (Å²) in [7, 11) is 1.58. The van der Waals surface area contributed by atoms with E-state index in [-0.39, 0.29) is 6.61 Å². The van der Waals surface area contributed by atoms with Crippen molar-refractivity contribution in [3.63, 3.8) is 0 Å². The zero-order valence-corrected chi connectivity index (χ0v) is 11.7. The standard InChI is InChI=1S/C15H17N3O3/c1-20-15-13(3-2-8-17-15)18-9-11-4-6-12(7-5-11)21-10-14(16)19/h2-8,18H,9-10H2,1H3,(H2,16,19). The van der Waals surface area contributed by atoms with Gasteiger partial charge in [-0.15, -0.1) is 0 Å². The molecule has 1 heterocycles. The molecule has 0 saturated heterocycles. The summed E-state index contributed by atoms with van der Waals surface area (Å²) in [5.74, 6) is 0.667.